The summed E-state index contributed by atoms with van der Waals surface area (Å²) in [6.07, 6.45) is 0.579. The summed E-state index contributed by atoms with van der Waals surface area (Å²) in [5.74, 6) is -0.591. The third-order valence-electron chi connectivity index (χ3n) is 3.11. The highest BCUT2D eigenvalue weighted by Gasteiger charge is 2.23. The summed E-state index contributed by atoms with van der Waals surface area (Å²) in [6, 6.07) is 9.21. The van der Waals surface area contributed by atoms with Crippen molar-refractivity contribution in [3.63, 3.8) is 0 Å². The van der Waals surface area contributed by atoms with Gasteiger partial charge in [0, 0.05) is 7.05 Å². The maximum Gasteiger partial charge on any atom is 0.345 e. The van der Waals surface area contributed by atoms with Crippen LogP contribution in [0.25, 0.3) is 5.69 Å². The predicted octanol–water partition coefficient (Wildman–Crippen LogP) is 1.52. The lowest BCUT2D eigenvalue weighted by molar-refractivity contribution is 0.0598. The molecule has 0 aliphatic rings. The fraction of sp³-hybridized carbons (Fsp3) is 0.286. The monoisotopic (exact) mass is 260 g/mol. The lowest BCUT2D eigenvalue weighted by Gasteiger charge is -2.08. The molecule has 5 heteroatoms. The van der Waals surface area contributed by atoms with Crippen molar-refractivity contribution in [2.45, 2.75) is 13.3 Å². The van der Waals surface area contributed by atoms with Crippen LogP contribution < -0.4 is 5.56 Å². The molecule has 0 bridgehead atoms. The molecule has 1 heterocycles. The fourth-order valence-electron chi connectivity index (χ4n) is 2.22. The van der Waals surface area contributed by atoms with Crippen molar-refractivity contribution in [2.24, 2.45) is 7.05 Å². The van der Waals surface area contributed by atoms with Crippen LogP contribution in [-0.2, 0) is 18.2 Å². The van der Waals surface area contributed by atoms with Gasteiger partial charge < -0.3 is 4.74 Å². The van der Waals surface area contributed by atoms with Crippen molar-refractivity contribution < 1.29 is 9.53 Å². The Morgan fingerprint density at radius 1 is 1.26 bits per heavy atom. The molecule has 19 heavy (non-hydrogen) atoms. The number of rotatable bonds is 3. The Labute approximate surface area is 111 Å². The molecule has 0 amide bonds. The number of hydrogen-bond acceptors (Lipinski definition) is 3. The second-order valence-corrected chi connectivity index (χ2v) is 4.14. The van der Waals surface area contributed by atoms with E-state index < -0.39 is 5.97 Å². The fourth-order valence-corrected chi connectivity index (χ4v) is 2.22. The van der Waals surface area contributed by atoms with Crippen molar-refractivity contribution in [2.75, 3.05) is 7.11 Å². The molecule has 1 aromatic heterocycles. The zero-order valence-corrected chi connectivity index (χ0v) is 11.2. The first kappa shape index (κ1) is 13.1. The molecule has 100 valence electrons. The topological polar surface area (TPSA) is 53.2 Å². The zero-order valence-electron chi connectivity index (χ0n) is 11.2. The zero-order chi connectivity index (χ0) is 14.0. The Morgan fingerprint density at radius 2 is 1.89 bits per heavy atom. The van der Waals surface area contributed by atoms with Crippen LogP contribution in [0.1, 0.15) is 23.0 Å². The van der Waals surface area contributed by atoms with Crippen LogP contribution in [0.3, 0.4) is 0 Å². The predicted molar refractivity (Wildman–Crippen MR) is 71.7 cm³/mol. The van der Waals surface area contributed by atoms with Gasteiger partial charge >= 0.3 is 5.97 Å². The summed E-state index contributed by atoms with van der Waals surface area (Å²) in [7, 11) is 3.04. The molecule has 0 aliphatic heterocycles. The summed E-state index contributed by atoms with van der Waals surface area (Å²) >= 11 is 0. The van der Waals surface area contributed by atoms with Crippen molar-refractivity contribution in [3.8, 4) is 5.69 Å². The molecule has 0 N–H and O–H groups in total. The minimum absolute atomic E-state index is 0.108. The van der Waals surface area contributed by atoms with Gasteiger partial charge in [-0.25, -0.2) is 9.48 Å². The van der Waals surface area contributed by atoms with E-state index in [0.29, 0.717) is 12.1 Å². The SMILES string of the molecule is CCc1c(C(=O)OC)c(=O)n(-c2ccccc2)n1C. The number of nitrogens with zero attached hydrogens (tertiary/aromatic N) is 2. The van der Waals surface area contributed by atoms with Gasteiger partial charge in [-0.15, -0.1) is 0 Å². The average molecular weight is 260 g/mol. The van der Waals surface area contributed by atoms with E-state index in [9.17, 15) is 9.59 Å². The van der Waals surface area contributed by atoms with Crippen LogP contribution in [0.15, 0.2) is 35.1 Å². The molecule has 0 aliphatic carbocycles. The van der Waals surface area contributed by atoms with Crippen molar-refractivity contribution in [3.05, 3.63) is 51.9 Å². The van der Waals surface area contributed by atoms with Gasteiger partial charge in [0.15, 0.2) is 0 Å². The molecule has 0 unspecified atom stereocenters. The number of carbonyl (C=O) groups is 1. The lowest BCUT2D eigenvalue weighted by Crippen LogP contribution is -2.23. The van der Waals surface area contributed by atoms with Crippen molar-refractivity contribution >= 4 is 5.97 Å². The Morgan fingerprint density at radius 3 is 2.42 bits per heavy atom. The number of methoxy groups -OCH3 is 1. The highest BCUT2D eigenvalue weighted by molar-refractivity contribution is 5.90. The first-order valence-corrected chi connectivity index (χ1v) is 6.06. The number of ether oxygens (including phenoxy) is 1. The Balaban J connectivity index is 2.75. The third-order valence-corrected chi connectivity index (χ3v) is 3.11. The van der Waals surface area contributed by atoms with Crippen LogP contribution in [0, 0.1) is 0 Å². The Bertz CT molecular complexity index is 653. The second-order valence-electron chi connectivity index (χ2n) is 4.14. The van der Waals surface area contributed by atoms with Crippen LogP contribution >= 0.6 is 0 Å². The van der Waals surface area contributed by atoms with Gasteiger partial charge in [0.25, 0.3) is 5.56 Å². The number of aromatic nitrogens is 2. The molecule has 0 fully saturated rings. The lowest BCUT2D eigenvalue weighted by atomic mass is 10.2. The Hall–Kier alpha value is -2.30. The van der Waals surface area contributed by atoms with Gasteiger partial charge in [-0.1, -0.05) is 25.1 Å². The van der Waals surface area contributed by atoms with E-state index in [1.54, 1.807) is 11.7 Å². The first-order chi connectivity index (χ1) is 9.11. The standard InChI is InChI=1S/C14H16N2O3/c1-4-11-12(14(18)19-3)13(17)16(15(11)2)10-8-6-5-7-9-10/h5-9H,4H2,1-3H3. The summed E-state index contributed by atoms with van der Waals surface area (Å²) in [6.45, 7) is 1.90. The number of esters is 1. The summed E-state index contributed by atoms with van der Waals surface area (Å²) in [4.78, 5) is 24.2. The van der Waals surface area contributed by atoms with Crippen molar-refractivity contribution in [1.82, 2.24) is 9.36 Å². The number of hydrogen-bond donors (Lipinski definition) is 0. The molecule has 2 aromatic rings. The average Bonchev–Trinajstić information content (AvgIpc) is 2.69. The summed E-state index contributed by atoms with van der Waals surface area (Å²) < 4.78 is 7.87. The third kappa shape index (κ3) is 2.07. The van der Waals surface area contributed by atoms with E-state index in [1.807, 2.05) is 37.3 Å². The van der Waals surface area contributed by atoms with Crippen molar-refractivity contribution in [1.29, 1.82) is 0 Å². The van der Waals surface area contributed by atoms with Crippen LogP contribution in [0.4, 0.5) is 0 Å². The van der Waals surface area contributed by atoms with Crippen LogP contribution in [0.5, 0.6) is 0 Å². The summed E-state index contributed by atoms with van der Waals surface area (Å²) in [5.41, 5.74) is 1.15. The molecule has 2 rings (SSSR count). The van der Waals surface area contributed by atoms with E-state index in [2.05, 4.69) is 0 Å². The number of carbonyl (C=O) groups excluding carboxylic acids is 1. The van der Waals surface area contributed by atoms with Gasteiger partial charge in [-0.05, 0) is 18.6 Å². The first-order valence-electron chi connectivity index (χ1n) is 6.06. The highest BCUT2D eigenvalue weighted by Crippen LogP contribution is 2.12. The van der Waals surface area contributed by atoms with Gasteiger partial charge in [0.05, 0.1) is 18.5 Å². The minimum atomic E-state index is -0.591. The van der Waals surface area contributed by atoms with E-state index in [0.717, 1.165) is 5.69 Å². The molecule has 0 saturated carbocycles. The normalized spacial score (nSPS) is 10.5. The highest BCUT2D eigenvalue weighted by atomic mass is 16.5. The number of benzene rings is 1. The Kier molecular flexibility index (Phi) is 3.55. The van der Waals surface area contributed by atoms with E-state index in [4.69, 9.17) is 4.74 Å². The largest absolute Gasteiger partial charge is 0.465 e. The minimum Gasteiger partial charge on any atom is -0.465 e. The van der Waals surface area contributed by atoms with E-state index in [-0.39, 0.29) is 11.1 Å². The van der Waals surface area contributed by atoms with Gasteiger partial charge in [0.1, 0.15) is 5.56 Å². The molecule has 5 nitrogen and oxygen atoms in total. The van der Waals surface area contributed by atoms with E-state index >= 15 is 0 Å². The second kappa shape index (κ2) is 5.14. The van der Waals surface area contributed by atoms with Gasteiger partial charge in [-0.2, -0.15) is 0 Å². The maximum atomic E-state index is 12.4. The molecule has 0 atom stereocenters. The maximum absolute atomic E-state index is 12.4. The molecule has 1 aromatic carbocycles. The summed E-state index contributed by atoms with van der Waals surface area (Å²) in [5, 5.41) is 0. The molecule has 0 saturated heterocycles. The molecule has 0 spiro atoms. The van der Waals surface area contributed by atoms with Gasteiger partial charge in [-0.3, -0.25) is 9.48 Å². The van der Waals surface area contributed by atoms with E-state index in [1.165, 1.54) is 11.8 Å². The molecular weight excluding hydrogens is 244 g/mol. The van der Waals surface area contributed by atoms with Crippen LogP contribution in [0.2, 0.25) is 0 Å². The smallest absolute Gasteiger partial charge is 0.345 e. The molecule has 0 radical (unpaired) electrons. The van der Waals surface area contributed by atoms with Crippen LogP contribution in [-0.4, -0.2) is 22.4 Å². The quantitative estimate of drug-likeness (QED) is 0.786. The molecular formula is C14H16N2O3. The number of para-hydroxylation sites is 1. The van der Waals surface area contributed by atoms with Gasteiger partial charge in [0.2, 0.25) is 0 Å².